The van der Waals surface area contributed by atoms with Crippen molar-refractivity contribution in [3.05, 3.63) is 17.7 Å². The number of rotatable bonds is 1. The van der Waals surface area contributed by atoms with Crippen LogP contribution in [-0.4, -0.2) is 13.7 Å². The Morgan fingerprint density at radius 2 is 2.29 bits per heavy atom. The van der Waals surface area contributed by atoms with Gasteiger partial charge in [0.1, 0.15) is 11.4 Å². The standard InChI is InChI=1S/C10H14N2O2/c1-13-8-3-2-6-7(11)4-5-14-10(6)9(8)12/h2-3,7H,4-5,11-12H2,1H3/t7-/m0/s1. The Kier molecular flexibility index (Phi) is 2.21. The van der Waals surface area contributed by atoms with E-state index in [1.54, 1.807) is 7.11 Å². The minimum Gasteiger partial charge on any atom is -0.494 e. The van der Waals surface area contributed by atoms with Crippen molar-refractivity contribution in [2.75, 3.05) is 19.5 Å². The molecule has 0 radical (unpaired) electrons. The number of nitrogen functional groups attached to an aromatic ring is 1. The van der Waals surface area contributed by atoms with Crippen LogP contribution >= 0.6 is 0 Å². The van der Waals surface area contributed by atoms with Crippen LogP contribution in [0.1, 0.15) is 18.0 Å². The molecule has 0 saturated heterocycles. The molecule has 0 amide bonds. The maximum absolute atomic E-state index is 5.93. The van der Waals surface area contributed by atoms with E-state index in [1.165, 1.54) is 0 Å². The number of anilines is 1. The lowest BCUT2D eigenvalue weighted by molar-refractivity contribution is 0.269. The first-order chi connectivity index (χ1) is 6.74. The summed E-state index contributed by atoms with van der Waals surface area (Å²) in [4.78, 5) is 0. The molecule has 1 atom stereocenters. The third-order valence-electron chi connectivity index (χ3n) is 2.48. The van der Waals surface area contributed by atoms with Gasteiger partial charge in [0.15, 0.2) is 5.75 Å². The zero-order chi connectivity index (χ0) is 10.1. The Bertz CT molecular complexity index is 352. The van der Waals surface area contributed by atoms with E-state index in [1.807, 2.05) is 12.1 Å². The van der Waals surface area contributed by atoms with Crippen LogP contribution in [0.5, 0.6) is 11.5 Å². The predicted octanol–water partition coefficient (Wildman–Crippen LogP) is 1.06. The molecule has 1 aliphatic heterocycles. The quantitative estimate of drug-likeness (QED) is 0.656. The molecule has 1 aromatic rings. The van der Waals surface area contributed by atoms with Gasteiger partial charge in [0.2, 0.25) is 0 Å². The molecule has 0 bridgehead atoms. The minimum atomic E-state index is 0.0203. The SMILES string of the molecule is COc1ccc2c(c1N)OCC[C@@H]2N. The van der Waals surface area contributed by atoms with Crippen molar-refractivity contribution < 1.29 is 9.47 Å². The fraction of sp³-hybridized carbons (Fsp3) is 0.400. The summed E-state index contributed by atoms with van der Waals surface area (Å²) in [7, 11) is 1.58. The number of ether oxygens (including phenoxy) is 2. The summed E-state index contributed by atoms with van der Waals surface area (Å²) in [6, 6.07) is 3.75. The van der Waals surface area contributed by atoms with Gasteiger partial charge in [-0.25, -0.2) is 0 Å². The summed E-state index contributed by atoms with van der Waals surface area (Å²) in [6.45, 7) is 0.617. The van der Waals surface area contributed by atoms with Crippen molar-refractivity contribution in [2.24, 2.45) is 5.73 Å². The van der Waals surface area contributed by atoms with Gasteiger partial charge in [-0.1, -0.05) is 0 Å². The topological polar surface area (TPSA) is 70.5 Å². The number of hydrogen-bond donors (Lipinski definition) is 2. The predicted molar refractivity (Wildman–Crippen MR) is 54.4 cm³/mol. The molecule has 0 fully saturated rings. The van der Waals surface area contributed by atoms with Crippen molar-refractivity contribution in [3.63, 3.8) is 0 Å². The molecule has 1 aromatic carbocycles. The van der Waals surface area contributed by atoms with Gasteiger partial charge in [-0.15, -0.1) is 0 Å². The Morgan fingerprint density at radius 3 is 3.00 bits per heavy atom. The molecule has 1 heterocycles. The fourth-order valence-corrected chi connectivity index (χ4v) is 1.67. The summed E-state index contributed by atoms with van der Waals surface area (Å²) in [5, 5.41) is 0. The molecule has 76 valence electrons. The first-order valence-corrected chi connectivity index (χ1v) is 4.58. The molecule has 4 heteroatoms. The first-order valence-electron chi connectivity index (χ1n) is 4.58. The summed E-state index contributed by atoms with van der Waals surface area (Å²) >= 11 is 0. The highest BCUT2D eigenvalue weighted by molar-refractivity contribution is 5.66. The minimum absolute atomic E-state index is 0.0203. The number of methoxy groups -OCH3 is 1. The highest BCUT2D eigenvalue weighted by atomic mass is 16.5. The van der Waals surface area contributed by atoms with Gasteiger partial charge >= 0.3 is 0 Å². The molecule has 4 nitrogen and oxygen atoms in total. The normalized spacial score (nSPS) is 19.7. The smallest absolute Gasteiger partial charge is 0.150 e. The van der Waals surface area contributed by atoms with Crippen LogP contribution in [0, 0.1) is 0 Å². The second kappa shape index (κ2) is 3.38. The summed E-state index contributed by atoms with van der Waals surface area (Å²) in [5.74, 6) is 1.32. The first kappa shape index (κ1) is 9.15. The van der Waals surface area contributed by atoms with Crippen LogP contribution in [0.3, 0.4) is 0 Å². The molecule has 0 aliphatic carbocycles. The van der Waals surface area contributed by atoms with Gasteiger partial charge in [0, 0.05) is 18.0 Å². The summed E-state index contributed by atoms with van der Waals surface area (Å²) in [5.41, 5.74) is 13.3. The van der Waals surface area contributed by atoms with Crippen molar-refractivity contribution in [2.45, 2.75) is 12.5 Å². The van der Waals surface area contributed by atoms with E-state index in [0.29, 0.717) is 23.8 Å². The van der Waals surface area contributed by atoms with Crippen molar-refractivity contribution in [1.29, 1.82) is 0 Å². The number of benzene rings is 1. The zero-order valence-electron chi connectivity index (χ0n) is 8.12. The highest BCUT2D eigenvalue weighted by Gasteiger charge is 2.21. The molecule has 0 spiro atoms. The van der Waals surface area contributed by atoms with Gasteiger partial charge in [-0.3, -0.25) is 0 Å². The van der Waals surface area contributed by atoms with Crippen LogP contribution in [0.4, 0.5) is 5.69 Å². The maximum atomic E-state index is 5.93. The van der Waals surface area contributed by atoms with E-state index in [2.05, 4.69) is 0 Å². The van der Waals surface area contributed by atoms with E-state index in [4.69, 9.17) is 20.9 Å². The lowest BCUT2D eigenvalue weighted by Crippen LogP contribution is -2.21. The van der Waals surface area contributed by atoms with E-state index in [-0.39, 0.29) is 6.04 Å². The molecular weight excluding hydrogens is 180 g/mol. The number of hydrogen-bond acceptors (Lipinski definition) is 4. The van der Waals surface area contributed by atoms with Crippen LogP contribution < -0.4 is 20.9 Å². The lowest BCUT2D eigenvalue weighted by atomic mass is 10.0. The van der Waals surface area contributed by atoms with Gasteiger partial charge in [-0.2, -0.15) is 0 Å². The average Bonchev–Trinajstić information content (AvgIpc) is 2.20. The summed E-state index contributed by atoms with van der Waals surface area (Å²) < 4.78 is 10.6. The van der Waals surface area contributed by atoms with Crippen LogP contribution in [-0.2, 0) is 0 Å². The molecule has 2 rings (SSSR count). The van der Waals surface area contributed by atoms with E-state index in [0.717, 1.165) is 12.0 Å². The van der Waals surface area contributed by atoms with Crippen molar-refractivity contribution >= 4 is 5.69 Å². The van der Waals surface area contributed by atoms with Gasteiger partial charge < -0.3 is 20.9 Å². The largest absolute Gasteiger partial charge is 0.494 e. The molecule has 4 N–H and O–H groups in total. The van der Waals surface area contributed by atoms with Gasteiger partial charge in [-0.05, 0) is 12.1 Å². The second-order valence-corrected chi connectivity index (χ2v) is 3.34. The Morgan fingerprint density at radius 1 is 1.50 bits per heavy atom. The zero-order valence-corrected chi connectivity index (χ0v) is 8.12. The Labute approximate surface area is 82.8 Å². The average molecular weight is 194 g/mol. The van der Waals surface area contributed by atoms with Crippen LogP contribution in [0.2, 0.25) is 0 Å². The third-order valence-corrected chi connectivity index (χ3v) is 2.48. The molecule has 0 unspecified atom stereocenters. The summed E-state index contributed by atoms with van der Waals surface area (Å²) in [6.07, 6.45) is 0.832. The molecule has 1 aliphatic rings. The van der Waals surface area contributed by atoms with Gasteiger partial charge in [0.05, 0.1) is 13.7 Å². The maximum Gasteiger partial charge on any atom is 0.150 e. The Hall–Kier alpha value is -1.42. The van der Waals surface area contributed by atoms with E-state index in [9.17, 15) is 0 Å². The molecule has 0 saturated carbocycles. The monoisotopic (exact) mass is 194 g/mol. The number of fused-ring (bicyclic) bond motifs is 1. The number of nitrogens with two attached hydrogens (primary N) is 2. The second-order valence-electron chi connectivity index (χ2n) is 3.34. The molecular formula is C10H14N2O2. The van der Waals surface area contributed by atoms with E-state index >= 15 is 0 Å². The molecule has 0 aromatic heterocycles. The molecule has 14 heavy (non-hydrogen) atoms. The third kappa shape index (κ3) is 1.28. The van der Waals surface area contributed by atoms with Gasteiger partial charge in [0.25, 0.3) is 0 Å². The van der Waals surface area contributed by atoms with Crippen LogP contribution in [0.25, 0.3) is 0 Å². The van der Waals surface area contributed by atoms with E-state index < -0.39 is 0 Å². The van der Waals surface area contributed by atoms with Crippen molar-refractivity contribution in [1.82, 2.24) is 0 Å². The highest BCUT2D eigenvalue weighted by Crippen LogP contribution is 2.40. The van der Waals surface area contributed by atoms with Crippen molar-refractivity contribution in [3.8, 4) is 11.5 Å². The fourth-order valence-electron chi connectivity index (χ4n) is 1.67. The Balaban J connectivity index is 2.52. The van der Waals surface area contributed by atoms with Crippen LogP contribution in [0.15, 0.2) is 12.1 Å². The lowest BCUT2D eigenvalue weighted by Gasteiger charge is -2.24.